The van der Waals surface area contributed by atoms with Crippen molar-refractivity contribution in [1.29, 1.82) is 0 Å². The van der Waals surface area contributed by atoms with Crippen molar-refractivity contribution in [3.05, 3.63) is 11.8 Å². The van der Waals surface area contributed by atoms with Crippen LogP contribution in [-0.2, 0) is 11.3 Å². The van der Waals surface area contributed by atoms with Crippen LogP contribution in [0.5, 0.6) is 0 Å². The van der Waals surface area contributed by atoms with E-state index in [1.807, 2.05) is 20.8 Å². The lowest BCUT2D eigenvalue weighted by atomic mass is 9.92. The highest BCUT2D eigenvalue weighted by atomic mass is 16.6. The van der Waals surface area contributed by atoms with Crippen molar-refractivity contribution in [3.8, 4) is 0 Å². The molecule has 0 atom stereocenters. The van der Waals surface area contributed by atoms with E-state index in [2.05, 4.69) is 41.6 Å². The molecule has 1 aromatic heterocycles. The Morgan fingerprint density at radius 1 is 1.29 bits per heavy atom. The molecule has 0 aliphatic rings. The zero-order valence-electron chi connectivity index (χ0n) is 14.0. The van der Waals surface area contributed by atoms with Crippen LogP contribution in [0.25, 0.3) is 0 Å². The van der Waals surface area contributed by atoms with Crippen molar-refractivity contribution in [2.75, 3.05) is 11.9 Å². The molecule has 0 aliphatic heterocycles. The molecule has 1 amide bonds. The van der Waals surface area contributed by atoms with Crippen molar-refractivity contribution in [3.63, 3.8) is 0 Å². The van der Waals surface area contributed by atoms with Crippen LogP contribution < -0.4 is 10.6 Å². The quantitative estimate of drug-likeness (QED) is 0.729. The smallest absolute Gasteiger partial charge is 0.413 e. The van der Waals surface area contributed by atoms with Gasteiger partial charge in [-0.3, -0.25) is 10.4 Å². The van der Waals surface area contributed by atoms with Gasteiger partial charge in [0.25, 0.3) is 0 Å². The third-order valence-electron chi connectivity index (χ3n) is 2.71. The van der Waals surface area contributed by atoms with E-state index < -0.39 is 11.7 Å². The lowest BCUT2D eigenvalue weighted by Crippen LogP contribution is -2.28. The topological polar surface area (TPSA) is 79.0 Å². The maximum Gasteiger partial charge on any atom is 0.413 e. The maximum atomic E-state index is 11.7. The lowest BCUT2D eigenvalue weighted by molar-refractivity contribution is 0.0635. The van der Waals surface area contributed by atoms with Crippen LogP contribution in [0.2, 0.25) is 0 Å². The number of hydrogen-bond acceptors (Lipinski definition) is 4. The number of hydrogen-bond donors (Lipinski definition) is 3. The Kier molecular flexibility index (Phi) is 5.78. The Morgan fingerprint density at radius 3 is 2.52 bits per heavy atom. The molecule has 0 bridgehead atoms. The number of ether oxygens (including phenoxy) is 1. The molecule has 6 nitrogen and oxygen atoms in total. The summed E-state index contributed by atoms with van der Waals surface area (Å²) >= 11 is 0. The summed E-state index contributed by atoms with van der Waals surface area (Å²) in [6, 6.07) is 0. The molecule has 0 aromatic carbocycles. The van der Waals surface area contributed by atoms with E-state index in [0.29, 0.717) is 17.8 Å². The van der Waals surface area contributed by atoms with Gasteiger partial charge in [0.15, 0.2) is 0 Å². The Labute approximate surface area is 127 Å². The largest absolute Gasteiger partial charge is 0.444 e. The first-order valence-electron chi connectivity index (χ1n) is 7.30. The summed E-state index contributed by atoms with van der Waals surface area (Å²) < 4.78 is 5.22. The van der Waals surface area contributed by atoms with Gasteiger partial charge < -0.3 is 10.1 Å². The fourth-order valence-corrected chi connectivity index (χ4v) is 1.65. The first kappa shape index (κ1) is 17.5. The number of nitrogens with one attached hydrogen (secondary N) is 3. The van der Waals surface area contributed by atoms with Crippen molar-refractivity contribution in [2.24, 2.45) is 5.41 Å². The fourth-order valence-electron chi connectivity index (χ4n) is 1.65. The van der Waals surface area contributed by atoms with E-state index in [1.54, 1.807) is 6.20 Å². The summed E-state index contributed by atoms with van der Waals surface area (Å²) in [5.74, 6) is 0.576. The average molecular weight is 296 g/mol. The molecule has 120 valence electrons. The Balaban J connectivity index is 2.45. The zero-order valence-corrected chi connectivity index (χ0v) is 14.0. The molecule has 0 spiro atoms. The summed E-state index contributed by atoms with van der Waals surface area (Å²) in [6.45, 7) is 13.7. The predicted molar refractivity (Wildman–Crippen MR) is 84.2 cm³/mol. The second-order valence-electron chi connectivity index (χ2n) is 7.38. The number of anilines is 1. The lowest BCUT2D eigenvalue weighted by Gasteiger charge is -2.20. The predicted octanol–water partition coefficient (Wildman–Crippen LogP) is 3.28. The van der Waals surface area contributed by atoms with Gasteiger partial charge >= 0.3 is 6.09 Å². The van der Waals surface area contributed by atoms with E-state index in [0.717, 1.165) is 18.5 Å². The van der Waals surface area contributed by atoms with Crippen molar-refractivity contribution >= 4 is 11.9 Å². The SMILES string of the molecule is CC(C)(C)CCNCc1cn[nH]c1NC(=O)OC(C)(C)C. The molecule has 21 heavy (non-hydrogen) atoms. The molecule has 0 saturated heterocycles. The molecule has 1 aromatic rings. The van der Waals surface area contributed by atoms with Crippen LogP contribution in [0.15, 0.2) is 6.20 Å². The van der Waals surface area contributed by atoms with Gasteiger partial charge in [-0.25, -0.2) is 4.79 Å². The minimum atomic E-state index is -0.519. The standard InChI is InChI=1S/C15H28N4O2/c1-14(2,3)7-8-16-9-11-10-17-19-12(11)18-13(20)21-15(4,5)6/h10,16H,7-9H2,1-6H3,(H2,17,18,19,20). The normalized spacial score (nSPS) is 12.3. The molecule has 0 fully saturated rings. The minimum Gasteiger partial charge on any atom is -0.444 e. The van der Waals surface area contributed by atoms with Crippen LogP contribution in [0.4, 0.5) is 10.6 Å². The first-order chi connectivity index (χ1) is 9.57. The van der Waals surface area contributed by atoms with Crippen LogP contribution in [0.1, 0.15) is 53.5 Å². The second kappa shape index (κ2) is 6.93. The van der Waals surface area contributed by atoms with Gasteiger partial charge in [-0.05, 0) is 39.2 Å². The number of carbonyl (C=O) groups is 1. The summed E-state index contributed by atoms with van der Waals surface area (Å²) in [5, 5.41) is 12.8. The van der Waals surface area contributed by atoms with Crippen molar-refractivity contribution in [1.82, 2.24) is 15.5 Å². The monoisotopic (exact) mass is 296 g/mol. The highest BCUT2D eigenvalue weighted by Crippen LogP contribution is 2.18. The van der Waals surface area contributed by atoms with Crippen LogP contribution >= 0.6 is 0 Å². The van der Waals surface area contributed by atoms with E-state index in [4.69, 9.17) is 4.74 Å². The zero-order chi connectivity index (χ0) is 16.1. The van der Waals surface area contributed by atoms with E-state index in [1.165, 1.54) is 0 Å². The van der Waals surface area contributed by atoms with Crippen molar-refractivity contribution < 1.29 is 9.53 Å². The van der Waals surface area contributed by atoms with Gasteiger partial charge in [0.05, 0.1) is 6.20 Å². The molecule has 1 heterocycles. The molecular formula is C15H28N4O2. The van der Waals surface area contributed by atoms with Gasteiger partial charge in [0, 0.05) is 12.1 Å². The molecule has 3 N–H and O–H groups in total. The second-order valence-corrected chi connectivity index (χ2v) is 7.38. The van der Waals surface area contributed by atoms with Gasteiger partial charge in [-0.1, -0.05) is 20.8 Å². The maximum absolute atomic E-state index is 11.7. The summed E-state index contributed by atoms with van der Waals surface area (Å²) in [5.41, 5.74) is 0.700. The number of aromatic nitrogens is 2. The number of rotatable bonds is 5. The molecule has 0 unspecified atom stereocenters. The fraction of sp³-hybridized carbons (Fsp3) is 0.733. The molecule has 0 saturated carbocycles. The van der Waals surface area contributed by atoms with Gasteiger partial charge in [0.1, 0.15) is 11.4 Å². The summed E-state index contributed by atoms with van der Waals surface area (Å²) in [4.78, 5) is 11.7. The number of carbonyl (C=O) groups excluding carboxylic acids is 1. The molecule has 6 heteroatoms. The first-order valence-corrected chi connectivity index (χ1v) is 7.30. The van der Waals surface area contributed by atoms with Crippen LogP contribution in [-0.4, -0.2) is 28.4 Å². The van der Waals surface area contributed by atoms with Gasteiger partial charge in [0.2, 0.25) is 0 Å². The molecule has 1 rings (SSSR count). The summed E-state index contributed by atoms with van der Waals surface area (Å²) in [6.07, 6.45) is 2.30. The third-order valence-corrected chi connectivity index (χ3v) is 2.71. The summed E-state index contributed by atoms with van der Waals surface area (Å²) in [7, 11) is 0. The minimum absolute atomic E-state index is 0.307. The molecule has 0 aliphatic carbocycles. The number of amides is 1. The van der Waals surface area contributed by atoms with Crippen LogP contribution in [0, 0.1) is 5.41 Å². The average Bonchev–Trinajstić information content (AvgIpc) is 2.68. The number of H-pyrrole nitrogens is 1. The number of aromatic amines is 1. The number of nitrogens with zero attached hydrogens (tertiary/aromatic N) is 1. The van der Waals surface area contributed by atoms with E-state index in [9.17, 15) is 4.79 Å². The third kappa shape index (κ3) is 7.70. The Bertz CT molecular complexity index is 455. The van der Waals surface area contributed by atoms with Crippen LogP contribution in [0.3, 0.4) is 0 Å². The van der Waals surface area contributed by atoms with E-state index in [-0.39, 0.29) is 0 Å². The Morgan fingerprint density at radius 2 is 1.95 bits per heavy atom. The molecule has 0 radical (unpaired) electrons. The van der Waals surface area contributed by atoms with Crippen molar-refractivity contribution in [2.45, 2.75) is 60.1 Å². The molecular weight excluding hydrogens is 268 g/mol. The van der Waals surface area contributed by atoms with Gasteiger partial charge in [-0.15, -0.1) is 0 Å². The van der Waals surface area contributed by atoms with Gasteiger partial charge in [-0.2, -0.15) is 5.10 Å². The van der Waals surface area contributed by atoms with E-state index >= 15 is 0 Å². The Hall–Kier alpha value is -1.56. The highest BCUT2D eigenvalue weighted by Gasteiger charge is 2.18. The highest BCUT2D eigenvalue weighted by molar-refractivity contribution is 5.84.